The summed E-state index contributed by atoms with van der Waals surface area (Å²) in [6, 6.07) is -0.0117. The van der Waals surface area contributed by atoms with Crippen molar-refractivity contribution in [1.29, 1.82) is 0 Å². The summed E-state index contributed by atoms with van der Waals surface area (Å²) in [7, 11) is 0. The number of fused-ring (bicyclic) bond motifs is 1. The van der Waals surface area contributed by atoms with E-state index < -0.39 is 0 Å². The molecule has 2 heterocycles. The quantitative estimate of drug-likeness (QED) is 0.523. The predicted octanol–water partition coefficient (Wildman–Crippen LogP) is 2.35. The zero-order valence-electron chi connectivity index (χ0n) is 18.2. The van der Waals surface area contributed by atoms with Gasteiger partial charge in [0, 0.05) is 31.1 Å². The van der Waals surface area contributed by atoms with E-state index in [0.29, 0.717) is 11.5 Å². The van der Waals surface area contributed by atoms with Gasteiger partial charge < -0.3 is 21.3 Å². The number of amides is 2. The van der Waals surface area contributed by atoms with Gasteiger partial charge in [0.05, 0.1) is 4.99 Å². The van der Waals surface area contributed by atoms with Crippen LogP contribution in [0.4, 0.5) is 0 Å². The van der Waals surface area contributed by atoms with Crippen LogP contribution in [0, 0.1) is 17.3 Å². The van der Waals surface area contributed by atoms with Gasteiger partial charge >= 0.3 is 0 Å². The Morgan fingerprint density at radius 2 is 2.03 bits per heavy atom. The molecule has 0 aromatic carbocycles. The number of nitrogens with zero attached hydrogens (tertiary/aromatic N) is 1. The number of unbranched alkanes of at least 4 members (excludes halogenated alkanes) is 1. The van der Waals surface area contributed by atoms with Gasteiger partial charge in [-0.15, -0.1) is 0 Å². The zero-order chi connectivity index (χ0) is 21.2. The van der Waals surface area contributed by atoms with Crippen molar-refractivity contribution in [2.45, 2.75) is 90.3 Å². The number of nitrogens with one attached hydrogen (secondary N) is 2. The number of carbonyl (C=O) groups is 2. The average molecular weight is 423 g/mol. The largest absolute Gasteiger partial charge is 0.367 e. The molecule has 29 heavy (non-hydrogen) atoms. The van der Waals surface area contributed by atoms with Crippen molar-refractivity contribution in [3.8, 4) is 0 Å². The van der Waals surface area contributed by atoms with Crippen LogP contribution in [-0.2, 0) is 9.59 Å². The molecule has 1 aliphatic carbocycles. The van der Waals surface area contributed by atoms with E-state index in [1.54, 1.807) is 0 Å². The van der Waals surface area contributed by atoms with Gasteiger partial charge in [-0.2, -0.15) is 0 Å². The number of carbonyl (C=O) groups excluding carboxylic acids is 2. The maximum atomic E-state index is 13.3. The lowest BCUT2D eigenvalue weighted by Gasteiger charge is -2.47. The number of thiocarbonyl (C=S) groups is 1. The van der Waals surface area contributed by atoms with Crippen molar-refractivity contribution in [1.82, 2.24) is 15.5 Å². The molecule has 2 saturated heterocycles. The normalized spacial score (nSPS) is 33.0. The summed E-state index contributed by atoms with van der Waals surface area (Å²) < 4.78 is 0. The van der Waals surface area contributed by atoms with Crippen LogP contribution >= 0.6 is 12.2 Å². The van der Waals surface area contributed by atoms with E-state index in [9.17, 15) is 9.59 Å². The molecule has 4 N–H and O–H groups in total. The number of nitrogens with two attached hydrogens (primary N) is 1. The maximum Gasteiger partial charge on any atom is 0.246 e. The second kappa shape index (κ2) is 9.29. The molecule has 0 aromatic heterocycles. The minimum Gasteiger partial charge on any atom is -0.367 e. The zero-order valence-corrected chi connectivity index (χ0v) is 19.0. The summed E-state index contributed by atoms with van der Waals surface area (Å²) in [6.45, 7) is 7.27. The molecular weight excluding hydrogens is 384 g/mol. The summed E-state index contributed by atoms with van der Waals surface area (Å²) in [5, 5.41) is 6.34. The average Bonchev–Trinajstić information content (AvgIpc) is 3.03. The van der Waals surface area contributed by atoms with Gasteiger partial charge in [-0.1, -0.05) is 52.3 Å². The Hall–Kier alpha value is -1.21. The third-order valence-electron chi connectivity index (χ3n) is 7.24. The van der Waals surface area contributed by atoms with Gasteiger partial charge in [-0.25, -0.2) is 0 Å². The van der Waals surface area contributed by atoms with E-state index in [-0.39, 0.29) is 47.8 Å². The first kappa shape index (κ1) is 22.5. The molecule has 1 saturated carbocycles. The van der Waals surface area contributed by atoms with Crippen LogP contribution in [0.5, 0.6) is 0 Å². The van der Waals surface area contributed by atoms with Gasteiger partial charge in [0.25, 0.3) is 0 Å². The van der Waals surface area contributed by atoms with Crippen LogP contribution in [-0.4, -0.2) is 52.9 Å². The highest BCUT2D eigenvalue weighted by Crippen LogP contribution is 2.42. The van der Waals surface area contributed by atoms with Gasteiger partial charge in [0.1, 0.15) is 6.04 Å². The summed E-state index contributed by atoms with van der Waals surface area (Å²) >= 11 is 5.25. The van der Waals surface area contributed by atoms with Crippen molar-refractivity contribution in [2.75, 3.05) is 13.1 Å². The van der Waals surface area contributed by atoms with E-state index >= 15 is 0 Å². The van der Waals surface area contributed by atoms with Gasteiger partial charge in [0.2, 0.25) is 11.8 Å². The van der Waals surface area contributed by atoms with Crippen LogP contribution < -0.4 is 16.4 Å². The molecule has 6 nitrogen and oxygen atoms in total. The SMILES string of the molecule is CCCC[C@H]1C[C@H](C(=O)NC[C@H]2CCC3CC(C)(C)[C@H](NC(=S)CN)C(=O)N32)C1. The third-order valence-corrected chi connectivity index (χ3v) is 7.52. The highest BCUT2D eigenvalue weighted by molar-refractivity contribution is 7.80. The van der Waals surface area contributed by atoms with Crippen LogP contribution in [0.1, 0.15) is 72.1 Å². The lowest BCUT2D eigenvalue weighted by molar-refractivity contribution is -0.145. The van der Waals surface area contributed by atoms with E-state index in [0.717, 1.165) is 38.0 Å². The molecule has 0 radical (unpaired) electrons. The fourth-order valence-corrected chi connectivity index (χ4v) is 5.57. The van der Waals surface area contributed by atoms with E-state index in [1.165, 1.54) is 19.3 Å². The summed E-state index contributed by atoms with van der Waals surface area (Å²) in [5.41, 5.74) is 5.47. The summed E-state index contributed by atoms with van der Waals surface area (Å²) in [6.07, 6.45) is 8.69. The first-order valence-electron chi connectivity index (χ1n) is 11.4. The Morgan fingerprint density at radius 1 is 1.31 bits per heavy atom. The molecule has 0 bridgehead atoms. The standard InChI is InChI=1S/C22H38N4O2S/c1-4-5-6-14-9-15(10-14)20(27)24-13-17-8-7-16-11-22(2,3)19(21(28)26(16)17)25-18(29)12-23/h14-17,19H,4-13,23H2,1-3H3,(H,24,27)(H,25,29)/t14-,15-,16?,17-,19-/m1/s1. The summed E-state index contributed by atoms with van der Waals surface area (Å²) in [4.78, 5) is 28.4. The van der Waals surface area contributed by atoms with Crippen LogP contribution in [0.2, 0.25) is 0 Å². The summed E-state index contributed by atoms with van der Waals surface area (Å²) in [5.74, 6) is 1.17. The lowest BCUT2D eigenvalue weighted by Crippen LogP contribution is -2.64. The predicted molar refractivity (Wildman–Crippen MR) is 119 cm³/mol. The topological polar surface area (TPSA) is 87.5 Å². The molecule has 3 fully saturated rings. The Labute approximate surface area is 180 Å². The number of hydrogen-bond acceptors (Lipinski definition) is 4. The fourth-order valence-electron chi connectivity index (χ4n) is 5.45. The molecule has 1 unspecified atom stereocenters. The first-order chi connectivity index (χ1) is 13.8. The molecule has 0 spiro atoms. The Kier molecular flexibility index (Phi) is 7.20. The molecule has 0 aromatic rings. The molecule has 3 atom stereocenters. The minimum atomic E-state index is -0.350. The van der Waals surface area contributed by atoms with Gasteiger partial charge in [-0.3, -0.25) is 9.59 Å². The third kappa shape index (κ3) is 4.93. The van der Waals surface area contributed by atoms with E-state index in [4.69, 9.17) is 18.0 Å². The highest BCUT2D eigenvalue weighted by Gasteiger charge is 2.51. The minimum absolute atomic E-state index is 0.0827. The van der Waals surface area contributed by atoms with Crippen molar-refractivity contribution < 1.29 is 9.59 Å². The van der Waals surface area contributed by atoms with Crippen molar-refractivity contribution in [3.05, 3.63) is 0 Å². The monoisotopic (exact) mass is 422 g/mol. The van der Waals surface area contributed by atoms with Gasteiger partial charge in [-0.05, 0) is 43.4 Å². The Bertz CT molecular complexity index is 632. The van der Waals surface area contributed by atoms with Crippen molar-refractivity contribution in [3.63, 3.8) is 0 Å². The molecule has 3 rings (SSSR count). The van der Waals surface area contributed by atoms with Crippen LogP contribution in [0.3, 0.4) is 0 Å². The molecule has 164 valence electrons. The fraction of sp³-hybridized carbons (Fsp3) is 0.864. The van der Waals surface area contributed by atoms with E-state index in [2.05, 4.69) is 31.4 Å². The molecule has 2 aliphatic heterocycles. The second-order valence-corrected chi connectivity index (χ2v) is 10.4. The molecular formula is C22H38N4O2S. The van der Waals surface area contributed by atoms with Crippen molar-refractivity contribution in [2.24, 2.45) is 23.0 Å². The Balaban J connectivity index is 1.54. The Morgan fingerprint density at radius 3 is 2.69 bits per heavy atom. The second-order valence-electron chi connectivity index (χ2n) is 9.95. The molecule has 7 heteroatoms. The first-order valence-corrected chi connectivity index (χ1v) is 11.8. The van der Waals surface area contributed by atoms with Crippen LogP contribution in [0.15, 0.2) is 0 Å². The van der Waals surface area contributed by atoms with E-state index in [1.807, 2.05) is 4.90 Å². The molecule has 3 aliphatic rings. The van der Waals surface area contributed by atoms with Crippen molar-refractivity contribution >= 4 is 29.0 Å². The lowest BCUT2D eigenvalue weighted by atomic mass is 9.72. The number of rotatable bonds is 8. The smallest absolute Gasteiger partial charge is 0.246 e. The van der Waals surface area contributed by atoms with Crippen LogP contribution in [0.25, 0.3) is 0 Å². The number of hydrogen-bond donors (Lipinski definition) is 3. The maximum absolute atomic E-state index is 13.3. The molecule has 2 amide bonds. The highest BCUT2D eigenvalue weighted by atomic mass is 32.1. The van der Waals surface area contributed by atoms with Gasteiger partial charge in [0.15, 0.2) is 0 Å². The number of piperidine rings is 1.